The summed E-state index contributed by atoms with van der Waals surface area (Å²) in [6, 6.07) is 0. The summed E-state index contributed by atoms with van der Waals surface area (Å²) < 4.78 is 0. The predicted octanol–water partition coefficient (Wildman–Crippen LogP) is 0.838. The Morgan fingerprint density at radius 3 is 1.56 bits per heavy atom. The standard InChI is InChI=1S/C4H11N.CH2O3/c1-3-5-4-2;2-1(3)4/h5H,3-4H2,1-2H3;(H2,2,3,4). The molecule has 0 saturated carbocycles. The average molecular weight is 135 g/mol. The Morgan fingerprint density at radius 1 is 1.33 bits per heavy atom. The van der Waals surface area contributed by atoms with Gasteiger partial charge in [-0.15, -0.1) is 0 Å². The lowest BCUT2D eigenvalue weighted by atomic mass is 10.7. The van der Waals surface area contributed by atoms with Crippen LogP contribution in [0.2, 0.25) is 0 Å². The normalized spacial score (nSPS) is 7.33. The van der Waals surface area contributed by atoms with E-state index in [9.17, 15) is 0 Å². The quantitative estimate of drug-likeness (QED) is 0.524. The molecule has 0 aliphatic rings. The third-order valence-electron chi connectivity index (χ3n) is 0.500. The number of carbonyl (C=O) groups is 1. The van der Waals surface area contributed by atoms with Gasteiger partial charge in [-0.25, -0.2) is 4.79 Å². The van der Waals surface area contributed by atoms with Crippen LogP contribution in [0.1, 0.15) is 13.8 Å². The molecule has 0 rings (SSSR count). The summed E-state index contributed by atoms with van der Waals surface area (Å²) >= 11 is 0. The van der Waals surface area contributed by atoms with Gasteiger partial charge in [0.05, 0.1) is 0 Å². The third-order valence-corrected chi connectivity index (χ3v) is 0.500. The molecule has 0 amide bonds. The Balaban J connectivity index is 0. The van der Waals surface area contributed by atoms with Gasteiger partial charge in [-0.3, -0.25) is 0 Å². The van der Waals surface area contributed by atoms with Crippen molar-refractivity contribution in [2.45, 2.75) is 13.8 Å². The molecule has 56 valence electrons. The van der Waals surface area contributed by atoms with E-state index in [4.69, 9.17) is 15.0 Å². The maximum absolute atomic E-state index is 8.56. The van der Waals surface area contributed by atoms with E-state index < -0.39 is 6.16 Å². The molecule has 0 aliphatic carbocycles. The SMILES string of the molecule is CCNCC.O=C(O)O. The molecule has 0 unspecified atom stereocenters. The molecule has 0 aliphatic heterocycles. The van der Waals surface area contributed by atoms with Crippen LogP contribution in [0.3, 0.4) is 0 Å². The van der Waals surface area contributed by atoms with Gasteiger partial charge >= 0.3 is 6.16 Å². The topological polar surface area (TPSA) is 69.6 Å². The summed E-state index contributed by atoms with van der Waals surface area (Å²) in [5.41, 5.74) is 0. The Kier molecular flexibility index (Phi) is 12.6. The minimum atomic E-state index is -1.83. The van der Waals surface area contributed by atoms with Crippen LogP contribution < -0.4 is 5.32 Å². The van der Waals surface area contributed by atoms with Crippen LogP contribution in [0.4, 0.5) is 4.79 Å². The van der Waals surface area contributed by atoms with Gasteiger partial charge in [-0.05, 0) is 13.1 Å². The average Bonchev–Trinajstić information content (AvgIpc) is 1.66. The second kappa shape index (κ2) is 10.3. The molecule has 3 N–H and O–H groups in total. The fourth-order valence-electron chi connectivity index (χ4n) is 0.250. The summed E-state index contributed by atoms with van der Waals surface area (Å²) in [4.78, 5) is 8.56. The number of hydrogen-bond acceptors (Lipinski definition) is 2. The van der Waals surface area contributed by atoms with Crippen molar-refractivity contribution < 1.29 is 15.0 Å². The minimum absolute atomic E-state index is 1.09. The van der Waals surface area contributed by atoms with Crippen LogP contribution in [0.25, 0.3) is 0 Å². The van der Waals surface area contributed by atoms with Gasteiger partial charge in [-0.1, -0.05) is 13.8 Å². The molecule has 4 heteroatoms. The second-order valence-corrected chi connectivity index (χ2v) is 1.24. The fourth-order valence-corrected chi connectivity index (χ4v) is 0.250. The zero-order valence-corrected chi connectivity index (χ0v) is 5.72. The first-order chi connectivity index (χ1) is 4.15. The number of nitrogens with one attached hydrogen (secondary N) is 1. The molecule has 9 heavy (non-hydrogen) atoms. The molecule has 0 radical (unpaired) electrons. The lowest BCUT2D eigenvalue weighted by molar-refractivity contribution is 0.137. The maximum Gasteiger partial charge on any atom is 0.503 e. The molecule has 0 aromatic rings. The van der Waals surface area contributed by atoms with E-state index in [2.05, 4.69) is 19.2 Å². The third kappa shape index (κ3) is 131. The predicted molar refractivity (Wildman–Crippen MR) is 34.9 cm³/mol. The van der Waals surface area contributed by atoms with E-state index in [1.807, 2.05) is 0 Å². The highest BCUT2D eigenvalue weighted by Crippen LogP contribution is 1.47. The van der Waals surface area contributed by atoms with Crippen molar-refractivity contribution in [1.29, 1.82) is 0 Å². The highest BCUT2D eigenvalue weighted by molar-refractivity contribution is 5.53. The molecule has 0 saturated heterocycles. The summed E-state index contributed by atoms with van der Waals surface area (Å²) in [5, 5.41) is 17.1. The maximum atomic E-state index is 8.56. The molecule has 0 bridgehead atoms. The summed E-state index contributed by atoms with van der Waals surface area (Å²) in [7, 11) is 0. The number of hydrogen-bond donors (Lipinski definition) is 3. The highest BCUT2D eigenvalue weighted by atomic mass is 16.6. The largest absolute Gasteiger partial charge is 0.503 e. The Morgan fingerprint density at radius 2 is 1.56 bits per heavy atom. The summed E-state index contributed by atoms with van der Waals surface area (Å²) in [6.07, 6.45) is -1.83. The van der Waals surface area contributed by atoms with Gasteiger partial charge < -0.3 is 15.5 Å². The van der Waals surface area contributed by atoms with E-state index in [1.54, 1.807) is 0 Å². The highest BCUT2D eigenvalue weighted by Gasteiger charge is 1.70. The van der Waals surface area contributed by atoms with Crippen molar-refractivity contribution in [3.05, 3.63) is 0 Å². The van der Waals surface area contributed by atoms with E-state index in [1.165, 1.54) is 0 Å². The molecule has 0 aromatic carbocycles. The molecule has 0 heterocycles. The van der Waals surface area contributed by atoms with Crippen molar-refractivity contribution in [2.75, 3.05) is 13.1 Å². The zero-order chi connectivity index (χ0) is 7.70. The summed E-state index contributed by atoms with van der Waals surface area (Å²) in [6.45, 7) is 6.39. The molecule has 4 nitrogen and oxygen atoms in total. The van der Waals surface area contributed by atoms with E-state index in [0.29, 0.717) is 0 Å². The van der Waals surface area contributed by atoms with Crippen molar-refractivity contribution in [2.24, 2.45) is 0 Å². The number of rotatable bonds is 2. The minimum Gasteiger partial charge on any atom is -0.450 e. The molecular weight excluding hydrogens is 122 g/mol. The first-order valence-electron chi connectivity index (χ1n) is 2.77. The van der Waals surface area contributed by atoms with E-state index >= 15 is 0 Å². The van der Waals surface area contributed by atoms with Crippen molar-refractivity contribution in [3.8, 4) is 0 Å². The van der Waals surface area contributed by atoms with E-state index in [0.717, 1.165) is 13.1 Å². The van der Waals surface area contributed by atoms with Crippen molar-refractivity contribution >= 4 is 6.16 Å². The molecule has 0 fully saturated rings. The monoisotopic (exact) mass is 135 g/mol. The van der Waals surface area contributed by atoms with Crippen molar-refractivity contribution in [3.63, 3.8) is 0 Å². The second-order valence-electron chi connectivity index (χ2n) is 1.24. The van der Waals surface area contributed by atoms with Crippen LogP contribution in [-0.4, -0.2) is 29.5 Å². The Hall–Kier alpha value is -0.770. The van der Waals surface area contributed by atoms with Crippen LogP contribution in [0.5, 0.6) is 0 Å². The van der Waals surface area contributed by atoms with Crippen LogP contribution in [-0.2, 0) is 0 Å². The van der Waals surface area contributed by atoms with E-state index in [-0.39, 0.29) is 0 Å². The van der Waals surface area contributed by atoms with Gasteiger partial charge in [0.15, 0.2) is 0 Å². The van der Waals surface area contributed by atoms with Crippen LogP contribution in [0.15, 0.2) is 0 Å². The fraction of sp³-hybridized carbons (Fsp3) is 0.800. The molecule has 0 atom stereocenters. The molecule has 0 aromatic heterocycles. The number of carboxylic acid groups (broad SMARTS) is 2. The molecular formula is C5H13NO3. The lowest BCUT2D eigenvalue weighted by Gasteiger charge is -1.86. The Bertz CT molecular complexity index is 59.2. The van der Waals surface area contributed by atoms with Gasteiger partial charge in [0.2, 0.25) is 0 Å². The Labute approximate surface area is 54.5 Å². The van der Waals surface area contributed by atoms with Gasteiger partial charge in [0, 0.05) is 0 Å². The van der Waals surface area contributed by atoms with Gasteiger partial charge in [0.1, 0.15) is 0 Å². The van der Waals surface area contributed by atoms with Gasteiger partial charge in [0.25, 0.3) is 0 Å². The van der Waals surface area contributed by atoms with Gasteiger partial charge in [-0.2, -0.15) is 0 Å². The van der Waals surface area contributed by atoms with Crippen LogP contribution >= 0.6 is 0 Å². The zero-order valence-electron chi connectivity index (χ0n) is 5.72. The summed E-state index contributed by atoms with van der Waals surface area (Å²) in [5.74, 6) is 0. The first-order valence-corrected chi connectivity index (χ1v) is 2.77. The van der Waals surface area contributed by atoms with Crippen LogP contribution in [0, 0.1) is 0 Å². The smallest absolute Gasteiger partial charge is 0.450 e. The first kappa shape index (κ1) is 11.1. The van der Waals surface area contributed by atoms with Crippen molar-refractivity contribution in [1.82, 2.24) is 5.32 Å². The molecule has 0 spiro atoms. The lowest BCUT2D eigenvalue weighted by Crippen LogP contribution is -2.09.